The zero-order valence-electron chi connectivity index (χ0n) is 11.7. The Morgan fingerprint density at radius 2 is 2.20 bits per heavy atom. The van der Waals surface area contributed by atoms with Crippen LogP contribution in [-0.2, 0) is 6.54 Å². The Morgan fingerprint density at radius 1 is 1.45 bits per heavy atom. The summed E-state index contributed by atoms with van der Waals surface area (Å²) in [5.41, 5.74) is 9.64. The largest absolute Gasteiger partial charge is 0.488 e. The molecule has 0 saturated carbocycles. The van der Waals surface area contributed by atoms with Gasteiger partial charge in [0.15, 0.2) is 11.6 Å². The van der Waals surface area contributed by atoms with Crippen molar-refractivity contribution in [1.29, 1.82) is 0 Å². The Hall–Kier alpha value is -1.82. The number of hydrogen-bond acceptors (Lipinski definition) is 5. The minimum atomic E-state index is -0.448. The molecule has 1 aromatic heterocycles. The first kappa shape index (κ1) is 14.6. The summed E-state index contributed by atoms with van der Waals surface area (Å²) in [6.45, 7) is 6.26. The van der Waals surface area contributed by atoms with E-state index in [0.29, 0.717) is 17.9 Å². The van der Waals surface area contributed by atoms with Crippen molar-refractivity contribution in [3.05, 3.63) is 34.0 Å². The molecular weight excluding hydrogens is 277 g/mol. The average Bonchev–Trinajstić information content (AvgIpc) is 2.76. The molecule has 0 fully saturated rings. The van der Waals surface area contributed by atoms with E-state index in [1.807, 2.05) is 20.8 Å². The van der Waals surface area contributed by atoms with Crippen molar-refractivity contribution in [3.8, 4) is 5.75 Å². The van der Waals surface area contributed by atoms with Crippen molar-refractivity contribution < 1.29 is 9.13 Å². The van der Waals surface area contributed by atoms with Gasteiger partial charge in [-0.25, -0.2) is 9.37 Å². The zero-order chi connectivity index (χ0) is 14.7. The van der Waals surface area contributed by atoms with Crippen molar-refractivity contribution in [3.63, 3.8) is 0 Å². The molecular formula is C14H18FN3OS. The van der Waals surface area contributed by atoms with Crippen LogP contribution < -0.4 is 15.8 Å². The number of nitrogens with one attached hydrogen (secondary N) is 1. The van der Waals surface area contributed by atoms with Gasteiger partial charge >= 0.3 is 0 Å². The number of nitrogen functional groups attached to an aromatic ring is 1. The van der Waals surface area contributed by atoms with E-state index >= 15 is 0 Å². The van der Waals surface area contributed by atoms with E-state index in [4.69, 9.17) is 10.5 Å². The predicted octanol–water partition coefficient (Wildman–Crippen LogP) is 3.57. The first-order chi connectivity index (χ1) is 9.47. The fourth-order valence-electron chi connectivity index (χ4n) is 1.74. The maximum Gasteiger partial charge on any atom is 0.167 e. The normalized spacial score (nSPS) is 10.8. The molecule has 0 amide bonds. The second-order valence-corrected chi connectivity index (χ2v) is 5.69. The average molecular weight is 295 g/mol. The molecule has 0 saturated heterocycles. The van der Waals surface area contributed by atoms with E-state index in [0.717, 1.165) is 10.6 Å². The minimum absolute atomic E-state index is 0.0929. The second kappa shape index (κ2) is 6.09. The van der Waals surface area contributed by atoms with Crippen LogP contribution in [0.4, 0.5) is 15.8 Å². The fraction of sp³-hybridized carbons (Fsp3) is 0.357. The molecule has 108 valence electrons. The summed E-state index contributed by atoms with van der Waals surface area (Å²) >= 11 is 1.57. The molecule has 6 heteroatoms. The van der Waals surface area contributed by atoms with E-state index < -0.39 is 5.82 Å². The van der Waals surface area contributed by atoms with Gasteiger partial charge in [0.05, 0.1) is 35.2 Å². The third kappa shape index (κ3) is 3.39. The topological polar surface area (TPSA) is 60.2 Å². The highest BCUT2D eigenvalue weighted by Crippen LogP contribution is 2.29. The van der Waals surface area contributed by atoms with E-state index in [1.54, 1.807) is 22.9 Å². The Bertz CT molecular complexity index is 598. The molecule has 1 heterocycles. The second-order valence-electron chi connectivity index (χ2n) is 4.75. The summed E-state index contributed by atoms with van der Waals surface area (Å²) in [5.74, 6) is -0.242. The SMILES string of the molecule is Cc1ncsc1CNc1cc(OC(C)C)c(F)cc1N. The van der Waals surface area contributed by atoms with Gasteiger partial charge in [-0.1, -0.05) is 0 Å². The van der Waals surface area contributed by atoms with Crippen LogP contribution in [0.3, 0.4) is 0 Å². The molecule has 0 aliphatic heterocycles. The first-order valence-electron chi connectivity index (χ1n) is 6.36. The van der Waals surface area contributed by atoms with Gasteiger partial charge in [0.25, 0.3) is 0 Å². The van der Waals surface area contributed by atoms with Gasteiger partial charge in [-0.15, -0.1) is 11.3 Å². The molecule has 1 aromatic carbocycles. The molecule has 20 heavy (non-hydrogen) atoms. The summed E-state index contributed by atoms with van der Waals surface area (Å²) in [5, 5.41) is 3.20. The number of thiazole rings is 1. The van der Waals surface area contributed by atoms with Crippen LogP contribution >= 0.6 is 11.3 Å². The fourth-order valence-corrected chi connectivity index (χ4v) is 2.45. The van der Waals surface area contributed by atoms with Crippen LogP contribution in [0, 0.1) is 12.7 Å². The van der Waals surface area contributed by atoms with Crippen molar-refractivity contribution in [2.75, 3.05) is 11.1 Å². The maximum absolute atomic E-state index is 13.7. The summed E-state index contributed by atoms with van der Waals surface area (Å²) in [6, 6.07) is 2.88. The Morgan fingerprint density at radius 3 is 2.80 bits per heavy atom. The molecule has 4 nitrogen and oxygen atoms in total. The van der Waals surface area contributed by atoms with Crippen LogP contribution in [0.25, 0.3) is 0 Å². The third-order valence-corrected chi connectivity index (χ3v) is 3.69. The summed E-state index contributed by atoms with van der Waals surface area (Å²) in [4.78, 5) is 5.31. The molecule has 0 radical (unpaired) electrons. The maximum atomic E-state index is 13.7. The molecule has 0 atom stereocenters. The number of aryl methyl sites for hydroxylation is 1. The van der Waals surface area contributed by atoms with Gasteiger partial charge < -0.3 is 15.8 Å². The predicted molar refractivity (Wildman–Crippen MR) is 80.8 cm³/mol. The highest BCUT2D eigenvalue weighted by atomic mass is 32.1. The van der Waals surface area contributed by atoms with Crippen LogP contribution in [0.2, 0.25) is 0 Å². The van der Waals surface area contributed by atoms with Gasteiger partial charge in [-0.05, 0) is 20.8 Å². The molecule has 0 unspecified atom stereocenters. The number of hydrogen-bond donors (Lipinski definition) is 2. The van der Waals surface area contributed by atoms with Crippen molar-refractivity contribution in [1.82, 2.24) is 4.98 Å². The molecule has 2 aromatic rings. The molecule has 0 spiro atoms. The monoisotopic (exact) mass is 295 g/mol. The van der Waals surface area contributed by atoms with Crippen LogP contribution in [0.5, 0.6) is 5.75 Å². The van der Waals surface area contributed by atoms with Crippen molar-refractivity contribution in [2.24, 2.45) is 0 Å². The smallest absolute Gasteiger partial charge is 0.167 e. The summed E-state index contributed by atoms with van der Waals surface area (Å²) < 4.78 is 19.1. The van der Waals surface area contributed by atoms with Gasteiger partial charge in [-0.3, -0.25) is 0 Å². The van der Waals surface area contributed by atoms with Gasteiger partial charge in [0.1, 0.15) is 0 Å². The minimum Gasteiger partial charge on any atom is -0.488 e. The van der Waals surface area contributed by atoms with Crippen molar-refractivity contribution >= 4 is 22.7 Å². The number of nitrogens with two attached hydrogens (primary N) is 1. The molecule has 0 aliphatic carbocycles. The highest BCUT2D eigenvalue weighted by Gasteiger charge is 2.11. The lowest BCUT2D eigenvalue weighted by molar-refractivity contribution is 0.231. The van der Waals surface area contributed by atoms with Gasteiger partial charge in [0, 0.05) is 17.0 Å². The number of halogens is 1. The summed E-state index contributed by atoms with van der Waals surface area (Å²) in [6.07, 6.45) is -0.0929. The van der Waals surface area contributed by atoms with Gasteiger partial charge in [0.2, 0.25) is 0 Å². The molecule has 3 N–H and O–H groups in total. The number of nitrogens with zero attached hydrogens (tertiary/aromatic N) is 1. The van der Waals surface area contributed by atoms with E-state index in [-0.39, 0.29) is 11.9 Å². The number of ether oxygens (including phenoxy) is 1. The molecule has 2 rings (SSSR count). The van der Waals surface area contributed by atoms with Gasteiger partial charge in [-0.2, -0.15) is 0 Å². The molecule has 0 aliphatic rings. The van der Waals surface area contributed by atoms with Crippen molar-refractivity contribution in [2.45, 2.75) is 33.4 Å². The number of anilines is 2. The Labute approximate surface area is 121 Å². The lowest BCUT2D eigenvalue weighted by atomic mass is 10.2. The zero-order valence-corrected chi connectivity index (χ0v) is 12.6. The third-order valence-electron chi connectivity index (χ3n) is 2.75. The lowest BCUT2D eigenvalue weighted by Gasteiger charge is -2.14. The Kier molecular flexibility index (Phi) is 4.44. The van der Waals surface area contributed by atoms with Crippen LogP contribution in [0.15, 0.2) is 17.6 Å². The number of rotatable bonds is 5. The van der Waals surface area contributed by atoms with E-state index in [9.17, 15) is 4.39 Å². The molecule has 0 bridgehead atoms. The standard InChI is InChI=1S/C14H18FN3OS/c1-8(2)19-13-5-12(11(16)4-10(13)15)17-6-14-9(3)18-7-20-14/h4-5,7-8,17H,6,16H2,1-3H3. The first-order valence-corrected chi connectivity index (χ1v) is 7.24. The van der Waals surface area contributed by atoms with Crippen LogP contribution in [-0.4, -0.2) is 11.1 Å². The highest BCUT2D eigenvalue weighted by molar-refractivity contribution is 7.09. The quantitative estimate of drug-likeness (QED) is 0.828. The number of aromatic nitrogens is 1. The van der Waals surface area contributed by atoms with E-state index in [2.05, 4.69) is 10.3 Å². The van der Waals surface area contributed by atoms with E-state index in [1.165, 1.54) is 6.07 Å². The van der Waals surface area contributed by atoms with Crippen LogP contribution in [0.1, 0.15) is 24.4 Å². The number of benzene rings is 1. The Balaban J connectivity index is 2.16. The lowest BCUT2D eigenvalue weighted by Crippen LogP contribution is -2.09. The summed E-state index contributed by atoms with van der Waals surface area (Å²) in [7, 11) is 0.